The number of nitrogens with zero attached hydrogens (tertiary/aromatic N) is 4. The Morgan fingerprint density at radius 2 is 1.88 bits per heavy atom. The van der Waals surface area contributed by atoms with Gasteiger partial charge in [-0.05, 0) is 56.5 Å². The summed E-state index contributed by atoms with van der Waals surface area (Å²) in [5.41, 5.74) is 0.501. The summed E-state index contributed by atoms with van der Waals surface area (Å²) < 4.78 is 28.5. The molecule has 1 aromatic carbocycles. The lowest BCUT2D eigenvalue weighted by molar-refractivity contribution is 0.0350. The quantitative estimate of drug-likeness (QED) is 0.828. The third kappa shape index (κ3) is 2.35. The maximum absolute atomic E-state index is 14.6. The summed E-state index contributed by atoms with van der Waals surface area (Å²) in [6.07, 6.45) is 4.12. The van der Waals surface area contributed by atoms with Crippen LogP contribution in [0.25, 0.3) is 0 Å². The van der Waals surface area contributed by atoms with Gasteiger partial charge in [-0.15, -0.1) is 0 Å². The zero-order valence-corrected chi connectivity index (χ0v) is 14.8. The molecule has 4 aliphatic heterocycles. The number of anilines is 1. The number of benzene rings is 1. The second-order valence-corrected chi connectivity index (χ2v) is 7.72. The van der Waals surface area contributed by atoms with Crippen LogP contribution >= 0.6 is 0 Å². The van der Waals surface area contributed by atoms with Gasteiger partial charge in [-0.25, -0.2) is 18.7 Å². The van der Waals surface area contributed by atoms with Crippen molar-refractivity contribution in [2.24, 2.45) is 5.92 Å². The molecule has 4 aliphatic rings. The number of aryl methyl sites for hydroxylation is 1. The second kappa shape index (κ2) is 5.98. The molecular weight excluding hydrogens is 334 g/mol. The Balaban J connectivity index is 1.60. The molecule has 136 valence electrons. The largest absolute Gasteiger partial charge is 0.351 e. The van der Waals surface area contributed by atoms with E-state index in [0.29, 0.717) is 24.1 Å². The van der Waals surface area contributed by atoms with Crippen molar-refractivity contribution in [3.8, 4) is 0 Å². The van der Waals surface area contributed by atoms with Gasteiger partial charge in [-0.2, -0.15) is 0 Å². The molecule has 4 saturated heterocycles. The molecule has 0 saturated carbocycles. The van der Waals surface area contributed by atoms with E-state index in [-0.39, 0.29) is 12.0 Å². The summed E-state index contributed by atoms with van der Waals surface area (Å²) in [5.74, 6) is 0.725. The predicted molar refractivity (Wildman–Crippen MR) is 95.1 cm³/mol. The molecule has 1 aromatic heterocycles. The standard InChI is InChI=1S/C20H22F2N4/c1-12-23-8-5-17(24-12)26-11-15(14-3-2-4-16(21)18(14)22)20-19(26)13-6-9-25(20)10-7-13/h2-5,8,13,15,19-20H,6-7,9-11H2,1H3/t15-,19+,20+/m0/s1. The number of aromatic nitrogens is 2. The lowest BCUT2D eigenvalue weighted by Gasteiger charge is -2.51. The van der Waals surface area contributed by atoms with Gasteiger partial charge in [0.1, 0.15) is 11.6 Å². The Morgan fingerprint density at radius 1 is 1.08 bits per heavy atom. The minimum atomic E-state index is -0.758. The van der Waals surface area contributed by atoms with Crippen LogP contribution in [0.2, 0.25) is 0 Å². The first-order chi connectivity index (χ1) is 12.6. The number of fused-ring (bicyclic) bond motifs is 2. The number of halogens is 2. The van der Waals surface area contributed by atoms with Crippen LogP contribution in [0.5, 0.6) is 0 Å². The van der Waals surface area contributed by atoms with Crippen LogP contribution in [0.4, 0.5) is 14.6 Å². The van der Waals surface area contributed by atoms with Gasteiger partial charge in [-0.1, -0.05) is 12.1 Å². The van der Waals surface area contributed by atoms with E-state index in [2.05, 4.69) is 19.8 Å². The van der Waals surface area contributed by atoms with Gasteiger partial charge < -0.3 is 4.90 Å². The first-order valence-corrected chi connectivity index (χ1v) is 9.38. The SMILES string of the molecule is Cc1nccc(N2C[C@@H](c3cccc(F)c3F)[C@@H]3[C@H]2C2CCN3CC2)n1. The summed E-state index contributed by atoms with van der Waals surface area (Å²) in [5, 5.41) is 0. The summed E-state index contributed by atoms with van der Waals surface area (Å²) in [6.45, 7) is 4.66. The first kappa shape index (κ1) is 16.1. The van der Waals surface area contributed by atoms with E-state index < -0.39 is 11.6 Å². The number of rotatable bonds is 2. The molecule has 0 amide bonds. The average Bonchev–Trinajstić information content (AvgIpc) is 3.08. The van der Waals surface area contributed by atoms with Crippen molar-refractivity contribution >= 4 is 5.82 Å². The molecule has 2 bridgehead atoms. The molecular formula is C20H22F2N4. The van der Waals surface area contributed by atoms with E-state index in [4.69, 9.17) is 0 Å². The molecule has 26 heavy (non-hydrogen) atoms. The van der Waals surface area contributed by atoms with Gasteiger partial charge in [0.05, 0.1) is 0 Å². The van der Waals surface area contributed by atoms with E-state index in [1.54, 1.807) is 18.3 Å². The summed E-state index contributed by atoms with van der Waals surface area (Å²) in [6, 6.07) is 7.03. The highest BCUT2D eigenvalue weighted by molar-refractivity contribution is 5.46. The van der Waals surface area contributed by atoms with Crippen LogP contribution in [0, 0.1) is 24.5 Å². The number of piperidine rings is 3. The van der Waals surface area contributed by atoms with Crippen LogP contribution in [-0.2, 0) is 0 Å². The number of hydrogen-bond acceptors (Lipinski definition) is 4. The van der Waals surface area contributed by atoms with Gasteiger partial charge >= 0.3 is 0 Å². The van der Waals surface area contributed by atoms with Crippen molar-refractivity contribution in [2.45, 2.75) is 37.8 Å². The molecule has 0 unspecified atom stereocenters. The highest BCUT2D eigenvalue weighted by Gasteiger charge is 2.54. The normalized spacial score (nSPS) is 32.7. The van der Waals surface area contributed by atoms with Crippen molar-refractivity contribution in [3.05, 3.63) is 53.5 Å². The fourth-order valence-electron chi connectivity index (χ4n) is 5.37. The average molecular weight is 356 g/mol. The van der Waals surface area contributed by atoms with Crippen molar-refractivity contribution in [2.75, 3.05) is 24.5 Å². The zero-order valence-electron chi connectivity index (χ0n) is 14.8. The number of hydrogen-bond donors (Lipinski definition) is 0. The van der Waals surface area contributed by atoms with E-state index in [1.807, 2.05) is 13.0 Å². The molecule has 0 N–H and O–H groups in total. The predicted octanol–water partition coefficient (Wildman–Crippen LogP) is 3.13. The maximum Gasteiger partial charge on any atom is 0.162 e. The summed E-state index contributed by atoms with van der Waals surface area (Å²) >= 11 is 0. The van der Waals surface area contributed by atoms with Crippen LogP contribution in [-0.4, -0.2) is 46.6 Å². The van der Waals surface area contributed by atoms with Gasteiger partial charge in [-0.3, -0.25) is 4.90 Å². The van der Waals surface area contributed by atoms with E-state index in [0.717, 1.165) is 24.7 Å². The lowest BCUT2D eigenvalue weighted by atomic mass is 9.75. The Hall–Kier alpha value is -2.08. The highest BCUT2D eigenvalue weighted by Crippen LogP contribution is 2.48. The minimum Gasteiger partial charge on any atom is -0.351 e. The van der Waals surface area contributed by atoms with Crippen molar-refractivity contribution in [1.29, 1.82) is 0 Å². The van der Waals surface area contributed by atoms with Crippen molar-refractivity contribution < 1.29 is 8.78 Å². The fraction of sp³-hybridized carbons (Fsp3) is 0.500. The Bertz CT molecular complexity index is 834. The van der Waals surface area contributed by atoms with Gasteiger partial charge in [0.25, 0.3) is 0 Å². The Kier molecular flexibility index (Phi) is 3.71. The maximum atomic E-state index is 14.6. The van der Waals surface area contributed by atoms with E-state index >= 15 is 0 Å². The van der Waals surface area contributed by atoms with Crippen LogP contribution in [0.3, 0.4) is 0 Å². The van der Waals surface area contributed by atoms with Crippen molar-refractivity contribution in [3.63, 3.8) is 0 Å². The topological polar surface area (TPSA) is 32.3 Å². The Labute approximate surface area is 151 Å². The van der Waals surface area contributed by atoms with Crippen LogP contribution < -0.4 is 4.90 Å². The summed E-state index contributed by atoms with van der Waals surface area (Å²) in [4.78, 5) is 13.6. The van der Waals surface area contributed by atoms with Crippen molar-refractivity contribution in [1.82, 2.24) is 14.9 Å². The molecule has 4 nitrogen and oxygen atoms in total. The molecule has 6 heteroatoms. The van der Waals surface area contributed by atoms with Crippen LogP contribution in [0.1, 0.15) is 30.1 Å². The molecule has 4 fully saturated rings. The molecule has 3 atom stereocenters. The van der Waals surface area contributed by atoms with E-state index in [9.17, 15) is 8.78 Å². The third-order valence-corrected chi connectivity index (χ3v) is 6.43. The van der Waals surface area contributed by atoms with Crippen LogP contribution in [0.15, 0.2) is 30.5 Å². The smallest absolute Gasteiger partial charge is 0.162 e. The Morgan fingerprint density at radius 3 is 2.65 bits per heavy atom. The second-order valence-electron chi connectivity index (χ2n) is 7.72. The highest BCUT2D eigenvalue weighted by atomic mass is 19.2. The van der Waals surface area contributed by atoms with Gasteiger partial charge in [0.2, 0.25) is 0 Å². The molecule has 6 rings (SSSR count). The van der Waals surface area contributed by atoms with E-state index in [1.165, 1.54) is 18.9 Å². The fourth-order valence-corrected chi connectivity index (χ4v) is 5.37. The van der Waals surface area contributed by atoms with Gasteiger partial charge in [0.15, 0.2) is 11.6 Å². The molecule has 2 aromatic rings. The van der Waals surface area contributed by atoms with Gasteiger partial charge in [0, 0.05) is 30.7 Å². The monoisotopic (exact) mass is 356 g/mol. The zero-order chi connectivity index (χ0) is 17.8. The minimum absolute atomic E-state index is 0.0472. The first-order valence-electron chi connectivity index (χ1n) is 9.38. The molecule has 0 spiro atoms. The third-order valence-electron chi connectivity index (χ3n) is 6.43. The summed E-state index contributed by atoms with van der Waals surface area (Å²) in [7, 11) is 0. The molecule has 0 aliphatic carbocycles. The molecule has 5 heterocycles. The molecule has 0 radical (unpaired) electrons. The lowest BCUT2D eigenvalue weighted by Crippen LogP contribution is -2.60.